The summed E-state index contributed by atoms with van der Waals surface area (Å²) >= 11 is 1.17. The van der Waals surface area contributed by atoms with Crippen molar-refractivity contribution < 1.29 is 22.2 Å². The van der Waals surface area contributed by atoms with Crippen LogP contribution in [0.4, 0.5) is 11.5 Å². The molecule has 0 saturated heterocycles. The lowest BCUT2D eigenvalue weighted by molar-refractivity contribution is -0.113. The highest BCUT2D eigenvalue weighted by Crippen LogP contribution is 2.23. The number of hydrogen-bond acceptors (Lipinski definition) is 8. The van der Waals surface area contributed by atoms with E-state index < -0.39 is 10.0 Å². The Morgan fingerprint density at radius 1 is 1.13 bits per heavy atom. The maximum Gasteiger partial charge on any atom is 0.263 e. The molecule has 154 valence electrons. The lowest BCUT2D eigenvalue weighted by Gasteiger charge is -2.07. The quantitative estimate of drug-likeness (QED) is 0.414. The summed E-state index contributed by atoms with van der Waals surface area (Å²) in [5, 5.41) is 6.72. The Labute approximate surface area is 175 Å². The average molecular weight is 444 g/mol. The van der Waals surface area contributed by atoms with Gasteiger partial charge in [0.05, 0.1) is 10.6 Å². The van der Waals surface area contributed by atoms with Crippen LogP contribution in [0, 0.1) is 6.92 Å². The molecular weight excluding hydrogens is 428 g/mol. The number of nitrogens with one attached hydrogen (secondary N) is 2. The molecule has 0 unspecified atom stereocenters. The third-order valence-electron chi connectivity index (χ3n) is 3.92. The number of thioether (sulfide) groups is 1. The molecule has 4 aromatic rings. The van der Waals surface area contributed by atoms with Gasteiger partial charge in [-0.3, -0.25) is 9.52 Å². The van der Waals surface area contributed by atoms with Crippen molar-refractivity contribution in [1.82, 2.24) is 10.1 Å². The van der Waals surface area contributed by atoms with E-state index >= 15 is 0 Å². The number of aryl methyl sites for hydroxylation is 1. The number of carbonyl (C=O) groups excluding carboxylic acids is 1. The molecule has 0 bridgehead atoms. The summed E-state index contributed by atoms with van der Waals surface area (Å²) in [4.78, 5) is 16.5. The molecule has 0 aliphatic rings. The van der Waals surface area contributed by atoms with Gasteiger partial charge in [0.2, 0.25) is 5.91 Å². The molecule has 11 heteroatoms. The first kappa shape index (κ1) is 20.0. The second-order valence-electron chi connectivity index (χ2n) is 6.24. The zero-order valence-corrected chi connectivity index (χ0v) is 17.3. The van der Waals surface area contributed by atoms with Crippen molar-refractivity contribution in [3.05, 3.63) is 60.4 Å². The van der Waals surface area contributed by atoms with Gasteiger partial charge in [-0.1, -0.05) is 29.1 Å². The number of para-hydroxylation sites is 2. The maximum absolute atomic E-state index is 12.4. The van der Waals surface area contributed by atoms with Crippen LogP contribution in [0.15, 0.2) is 73.7 Å². The molecule has 1 amide bonds. The van der Waals surface area contributed by atoms with Crippen molar-refractivity contribution in [2.45, 2.75) is 17.0 Å². The highest BCUT2D eigenvalue weighted by Gasteiger charge is 2.16. The maximum atomic E-state index is 12.4. The number of carbonyl (C=O) groups is 1. The largest absolute Gasteiger partial charge is 0.431 e. The molecule has 4 rings (SSSR count). The highest BCUT2D eigenvalue weighted by molar-refractivity contribution is 7.99. The molecular formula is C19H16N4O5S2. The number of benzene rings is 2. The first-order valence-corrected chi connectivity index (χ1v) is 11.2. The van der Waals surface area contributed by atoms with Crippen LogP contribution in [-0.2, 0) is 14.8 Å². The number of amides is 1. The molecule has 0 saturated carbocycles. The van der Waals surface area contributed by atoms with Crippen LogP contribution in [0.2, 0.25) is 0 Å². The summed E-state index contributed by atoms with van der Waals surface area (Å²) < 4.78 is 37.5. The Hall–Kier alpha value is -3.31. The van der Waals surface area contributed by atoms with E-state index in [9.17, 15) is 13.2 Å². The van der Waals surface area contributed by atoms with Crippen LogP contribution in [0.5, 0.6) is 0 Å². The normalized spacial score (nSPS) is 11.5. The number of fused-ring (bicyclic) bond motifs is 1. The summed E-state index contributed by atoms with van der Waals surface area (Å²) in [6, 6.07) is 14.6. The number of anilines is 2. The van der Waals surface area contributed by atoms with Gasteiger partial charge in [0.1, 0.15) is 11.3 Å². The minimum Gasteiger partial charge on any atom is -0.431 e. The van der Waals surface area contributed by atoms with Gasteiger partial charge in [-0.15, -0.1) is 0 Å². The molecule has 9 nitrogen and oxygen atoms in total. The zero-order valence-electron chi connectivity index (χ0n) is 15.7. The van der Waals surface area contributed by atoms with Crippen LogP contribution in [-0.4, -0.2) is 30.2 Å². The molecule has 2 heterocycles. The molecule has 2 aromatic heterocycles. The van der Waals surface area contributed by atoms with Gasteiger partial charge in [0.15, 0.2) is 11.4 Å². The molecule has 0 fully saturated rings. The van der Waals surface area contributed by atoms with E-state index in [2.05, 4.69) is 20.2 Å². The molecule has 2 aromatic carbocycles. The lowest BCUT2D eigenvalue weighted by Crippen LogP contribution is -2.15. The Kier molecular flexibility index (Phi) is 5.46. The van der Waals surface area contributed by atoms with Crippen molar-refractivity contribution in [3.8, 4) is 0 Å². The standard InChI is InChI=1S/C19H16N4O5S2/c1-12-10-17(22-28-12)23-30(25,26)14-8-6-13(7-9-14)20-18(24)11-29-19-21-15-4-2-3-5-16(15)27-19/h2-10H,11H2,1H3,(H,20,24)(H,22,23). The Morgan fingerprint density at radius 2 is 1.90 bits per heavy atom. The van der Waals surface area contributed by atoms with Gasteiger partial charge < -0.3 is 14.3 Å². The van der Waals surface area contributed by atoms with Crippen molar-refractivity contribution in [2.24, 2.45) is 0 Å². The summed E-state index contributed by atoms with van der Waals surface area (Å²) in [5.41, 5.74) is 1.85. The van der Waals surface area contributed by atoms with Gasteiger partial charge in [-0.05, 0) is 43.3 Å². The summed E-state index contributed by atoms with van der Waals surface area (Å²) in [6.07, 6.45) is 0. The Balaban J connectivity index is 1.35. The first-order valence-electron chi connectivity index (χ1n) is 8.73. The van der Waals surface area contributed by atoms with Crippen molar-refractivity contribution >= 4 is 50.3 Å². The predicted molar refractivity (Wildman–Crippen MR) is 112 cm³/mol. The number of aromatic nitrogens is 2. The average Bonchev–Trinajstić information content (AvgIpc) is 3.32. The number of hydrogen-bond donors (Lipinski definition) is 2. The van der Waals surface area contributed by atoms with E-state index in [-0.39, 0.29) is 22.4 Å². The van der Waals surface area contributed by atoms with E-state index in [1.54, 1.807) is 13.0 Å². The number of rotatable bonds is 7. The molecule has 0 atom stereocenters. The molecule has 0 aliphatic carbocycles. The van der Waals surface area contributed by atoms with E-state index in [1.807, 2.05) is 18.2 Å². The van der Waals surface area contributed by atoms with Crippen LogP contribution in [0.25, 0.3) is 11.1 Å². The van der Waals surface area contributed by atoms with Crippen molar-refractivity contribution in [2.75, 3.05) is 15.8 Å². The second kappa shape index (κ2) is 8.20. The second-order valence-corrected chi connectivity index (χ2v) is 8.85. The monoisotopic (exact) mass is 444 g/mol. The molecule has 0 spiro atoms. The van der Waals surface area contributed by atoms with Crippen LogP contribution < -0.4 is 10.0 Å². The minimum atomic E-state index is -3.81. The van der Waals surface area contributed by atoms with Gasteiger partial charge in [-0.2, -0.15) is 0 Å². The zero-order chi connectivity index (χ0) is 21.1. The van der Waals surface area contributed by atoms with Crippen LogP contribution >= 0.6 is 11.8 Å². The topological polar surface area (TPSA) is 127 Å². The fraction of sp³-hybridized carbons (Fsp3) is 0.105. The first-order chi connectivity index (χ1) is 14.4. The number of nitrogens with zero attached hydrogens (tertiary/aromatic N) is 2. The molecule has 30 heavy (non-hydrogen) atoms. The molecule has 0 radical (unpaired) electrons. The smallest absolute Gasteiger partial charge is 0.263 e. The minimum absolute atomic E-state index is 0.0296. The van der Waals surface area contributed by atoms with E-state index in [4.69, 9.17) is 8.94 Å². The van der Waals surface area contributed by atoms with Crippen LogP contribution in [0.3, 0.4) is 0 Å². The third-order valence-corrected chi connectivity index (χ3v) is 6.12. The van der Waals surface area contributed by atoms with E-state index in [0.29, 0.717) is 22.3 Å². The summed E-state index contributed by atoms with van der Waals surface area (Å²) in [7, 11) is -3.81. The highest BCUT2D eigenvalue weighted by atomic mass is 32.2. The summed E-state index contributed by atoms with van der Waals surface area (Å²) in [6.45, 7) is 1.66. The van der Waals surface area contributed by atoms with Crippen molar-refractivity contribution in [1.29, 1.82) is 0 Å². The lowest BCUT2D eigenvalue weighted by atomic mass is 10.3. The summed E-state index contributed by atoms with van der Waals surface area (Å²) in [5.74, 6) is 0.413. The van der Waals surface area contributed by atoms with Crippen LogP contribution in [0.1, 0.15) is 5.76 Å². The van der Waals surface area contributed by atoms with Gasteiger partial charge in [0, 0.05) is 11.8 Å². The predicted octanol–water partition coefficient (Wildman–Crippen LogP) is 3.66. The van der Waals surface area contributed by atoms with E-state index in [1.165, 1.54) is 42.1 Å². The van der Waals surface area contributed by atoms with Crippen molar-refractivity contribution in [3.63, 3.8) is 0 Å². The van der Waals surface area contributed by atoms with E-state index in [0.717, 1.165) is 5.52 Å². The third kappa shape index (κ3) is 4.63. The Morgan fingerprint density at radius 3 is 2.60 bits per heavy atom. The van der Waals surface area contributed by atoms with Gasteiger partial charge in [-0.25, -0.2) is 13.4 Å². The fourth-order valence-corrected chi connectivity index (χ4v) is 4.19. The Bertz CT molecular complexity index is 1260. The molecule has 2 N–H and O–H groups in total. The number of sulfonamides is 1. The van der Waals surface area contributed by atoms with Gasteiger partial charge in [0.25, 0.3) is 15.2 Å². The SMILES string of the molecule is Cc1cc(NS(=O)(=O)c2ccc(NC(=O)CSc3nc4ccccc4o3)cc2)no1. The molecule has 0 aliphatic heterocycles. The fourth-order valence-electron chi connectivity index (χ4n) is 2.57. The van der Waals surface area contributed by atoms with Gasteiger partial charge >= 0.3 is 0 Å². The number of oxazole rings is 1.